The quantitative estimate of drug-likeness (QED) is 0.0962. The van der Waals surface area contributed by atoms with Gasteiger partial charge in [-0.3, -0.25) is 0 Å². The highest BCUT2D eigenvalue weighted by Gasteiger charge is 2.24. The Balaban J connectivity index is 0.773. The molecule has 96 heavy (non-hydrogen) atoms. The van der Waals surface area contributed by atoms with Crippen LogP contribution in [0.2, 0.25) is 0 Å². The highest BCUT2D eigenvalue weighted by Crippen LogP contribution is 2.46. The molecule has 0 amide bonds. The number of rotatable bonds is 16. The van der Waals surface area contributed by atoms with Crippen LogP contribution in [0.15, 0.2) is 388 Å². The average Bonchev–Trinajstić information content (AvgIpc) is 1.53. The standard InChI is InChI=1S/C90H64N6/c1-7-27-67(28-8-1)87-61-69-63-90-70(64-89(69)95(87)81-57-53-79(54-58-81)93(85-43-23-31-65-25-19-21-41-83(65)85)77-49-45-75(46-50-77)91(71-33-11-3-12-34-71)72-35-13-4-14-36-72)62-88(68-29-9-2-10-30-68)96(90)82-59-55-80(56-60-82)94(86-44-24-32-66-26-20-22-42-84(66)86)78-51-47-76(48-52-78)92(73-37-15-5-16-38-73)74-39-17-6-18-40-74/h1-64H. The van der Waals surface area contributed by atoms with E-state index in [9.17, 15) is 0 Å². The van der Waals surface area contributed by atoms with Crippen LogP contribution in [-0.2, 0) is 0 Å². The van der Waals surface area contributed by atoms with Crippen LogP contribution >= 0.6 is 0 Å². The average molecular weight is 1230 g/mol. The predicted octanol–water partition coefficient (Wildman–Crippen LogP) is 25.1. The summed E-state index contributed by atoms with van der Waals surface area (Å²) in [5.41, 5.74) is 21.8. The summed E-state index contributed by atoms with van der Waals surface area (Å²) in [4.78, 5) is 9.41. The van der Waals surface area contributed by atoms with E-state index in [0.717, 1.165) is 124 Å². The lowest BCUT2D eigenvalue weighted by atomic mass is 10.1. The van der Waals surface area contributed by atoms with Crippen LogP contribution < -0.4 is 19.6 Å². The van der Waals surface area contributed by atoms with Gasteiger partial charge in [-0.1, -0.05) is 206 Å². The van der Waals surface area contributed by atoms with Gasteiger partial charge in [0.2, 0.25) is 0 Å². The summed E-state index contributed by atoms with van der Waals surface area (Å²) >= 11 is 0. The highest BCUT2D eigenvalue weighted by atomic mass is 15.2. The number of aromatic nitrogens is 2. The first kappa shape index (κ1) is 57.0. The molecule has 0 atom stereocenters. The smallest absolute Gasteiger partial charge is 0.0542 e. The Morgan fingerprint density at radius 1 is 0.177 bits per heavy atom. The fraction of sp³-hybridized carbons (Fsp3) is 0. The molecule has 15 aromatic carbocycles. The summed E-state index contributed by atoms with van der Waals surface area (Å²) < 4.78 is 4.88. The van der Waals surface area contributed by atoms with E-state index < -0.39 is 0 Å². The minimum Gasteiger partial charge on any atom is -0.311 e. The van der Waals surface area contributed by atoms with Crippen LogP contribution in [0.1, 0.15) is 0 Å². The second-order valence-corrected chi connectivity index (χ2v) is 24.2. The minimum atomic E-state index is 1.05. The zero-order valence-corrected chi connectivity index (χ0v) is 52.6. The Morgan fingerprint density at radius 2 is 0.427 bits per heavy atom. The molecule has 454 valence electrons. The Morgan fingerprint density at radius 3 is 0.750 bits per heavy atom. The third-order valence-corrected chi connectivity index (χ3v) is 18.4. The van der Waals surface area contributed by atoms with E-state index in [1.54, 1.807) is 0 Å². The number of hydrogen-bond donors (Lipinski definition) is 0. The predicted molar refractivity (Wildman–Crippen MR) is 405 cm³/mol. The summed E-state index contributed by atoms with van der Waals surface area (Å²) in [7, 11) is 0. The van der Waals surface area contributed by atoms with Gasteiger partial charge < -0.3 is 28.7 Å². The lowest BCUT2D eigenvalue weighted by Crippen LogP contribution is -2.12. The Kier molecular flexibility index (Phi) is 14.8. The largest absolute Gasteiger partial charge is 0.311 e. The molecule has 0 fully saturated rings. The van der Waals surface area contributed by atoms with E-state index in [0.29, 0.717) is 0 Å². The maximum atomic E-state index is 2.44. The molecule has 0 unspecified atom stereocenters. The van der Waals surface area contributed by atoms with Gasteiger partial charge in [0.1, 0.15) is 0 Å². The number of benzene rings is 15. The molecule has 0 spiro atoms. The second-order valence-electron chi connectivity index (χ2n) is 24.2. The maximum absolute atomic E-state index is 2.44. The first-order valence-electron chi connectivity index (χ1n) is 32.7. The fourth-order valence-electron chi connectivity index (χ4n) is 14.0. The molecule has 0 aliphatic rings. The van der Waals surface area contributed by atoms with Gasteiger partial charge in [0.05, 0.1) is 33.8 Å². The first-order valence-corrected chi connectivity index (χ1v) is 32.7. The van der Waals surface area contributed by atoms with Gasteiger partial charge in [0.15, 0.2) is 0 Å². The van der Waals surface area contributed by atoms with Crippen LogP contribution in [0, 0.1) is 0 Å². The topological polar surface area (TPSA) is 22.8 Å². The molecule has 0 aliphatic carbocycles. The fourth-order valence-corrected chi connectivity index (χ4v) is 14.0. The SMILES string of the molecule is c1ccc(-c2cc3cc4c(cc(-c5ccccc5)n4-c4ccc(N(c5ccc(N(c6ccccc6)c6ccccc6)cc5)c5cccc6ccccc56)cc4)cc3n2-c2ccc(N(c3ccc(N(c4ccccc4)c4ccccc4)cc3)c3cccc4ccccc34)cc2)cc1. The van der Waals surface area contributed by atoms with Gasteiger partial charge in [-0.05, 0) is 204 Å². The molecule has 0 saturated carbocycles. The third-order valence-electron chi connectivity index (χ3n) is 18.4. The van der Waals surface area contributed by atoms with Gasteiger partial charge in [-0.25, -0.2) is 0 Å². The zero-order chi connectivity index (χ0) is 63.7. The first-order chi connectivity index (χ1) is 47.6. The second kappa shape index (κ2) is 25.0. The van der Waals surface area contributed by atoms with Crippen molar-refractivity contribution in [1.82, 2.24) is 9.13 Å². The van der Waals surface area contributed by atoms with E-state index in [-0.39, 0.29) is 0 Å². The molecular weight excluding hydrogens is 1170 g/mol. The third kappa shape index (κ3) is 10.6. The number of anilines is 12. The van der Waals surface area contributed by atoms with Crippen molar-refractivity contribution in [2.24, 2.45) is 0 Å². The van der Waals surface area contributed by atoms with E-state index in [4.69, 9.17) is 0 Å². The van der Waals surface area contributed by atoms with Gasteiger partial charge in [-0.2, -0.15) is 0 Å². The monoisotopic (exact) mass is 1230 g/mol. The van der Waals surface area contributed by atoms with E-state index >= 15 is 0 Å². The van der Waals surface area contributed by atoms with E-state index in [1.165, 1.54) is 21.5 Å². The molecule has 0 radical (unpaired) electrons. The van der Waals surface area contributed by atoms with Gasteiger partial charge in [0.25, 0.3) is 0 Å². The van der Waals surface area contributed by atoms with Gasteiger partial charge >= 0.3 is 0 Å². The van der Waals surface area contributed by atoms with E-state index in [2.05, 4.69) is 417 Å². The summed E-state index contributed by atoms with van der Waals surface area (Å²) in [6, 6.07) is 140. The molecular formula is C90H64N6. The number of fused-ring (bicyclic) bond motifs is 4. The summed E-state index contributed by atoms with van der Waals surface area (Å²) in [5, 5.41) is 7.00. The Bertz CT molecular complexity index is 5100. The van der Waals surface area contributed by atoms with Crippen molar-refractivity contribution in [3.05, 3.63) is 388 Å². The minimum absolute atomic E-state index is 1.05. The summed E-state index contributed by atoms with van der Waals surface area (Å²) in [6.07, 6.45) is 0. The molecule has 17 aromatic rings. The molecule has 0 aliphatic heterocycles. The lowest BCUT2D eigenvalue weighted by molar-refractivity contribution is 1.13. The molecule has 6 heteroatoms. The van der Waals surface area contributed by atoms with Crippen molar-refractivity contribution in [3.63, 3.8) is 0 Å². The van der Waals surface area contributed by atoms with Crippen LogP contribution in [0.4, 0.5) is 68.2 Å². The van der Waals surface area contributed by atoms with Crippen molar-refractivity contribution in [2.45, 2.75) is 0 Å². The number of nitrogens with zero attached hydrogens (tertiary/aromatic N) is 6. The van der Waals surface area contributed by atoms with Crippen molar-refractivity contribution in [1.29, 1.82) is 0 Å². The molecule has 17 rings (SSSR count). The van der Waals surface area contributed by atoms with Gasteiger partial charge in [0, 0.05) is 89.8 Å². The van der Waals surface area contributed by atoms with Crippen LogP contribution in [0.5, 0.6) is 0 Å². The number of para-hydroxylation sites is 4. The molecule has 6 nitrogen and oxygen atoms in total. The molecule has 0 saturated heterocycles. The van der Waals surface area contributed by atoms with Gasteiger partial charge in [-0.15, -0.1) is 0 Å². The van der Waals surface area contributed by atoms with Crippen LogP contribution in [0.25, 0.3) is 77.2 Å². The lowest BCUT2D eigenvalue weighted by Gasteiger charge is -2.29. The van der Waals surface area contributed by atoms with Crippen LogP contribution in [0.3, 0.4) is 0 Å². The molecule has 0 N–H and O–H groups in total. The number of hydrogen-bond acceptors (Lipinski definition) is 4. The van der Waals surface area contributed by atoms with Crippen molar-refractivity contribution in [3.8, 4) is 33.9 Å². The Hall–Kier alpha value is -12.9. The van der Waals surface area contributed by atoms with Crippen LogP contribution in [-0.4, -0.2) is 9.13 Å². The maximum Gasteiger partial charge on any atom is 0.0542 e. The molecule has 0 bridgehead atoms. The zero-order valence-electron chi connectivity index (χ0n) is 52.6. The van der Waals surface area contributed by atoms with Crippen molar-refractivity contribution in [2.75, 3.05) is 19.6 Å². The summed E-state index contributed by atoms with van der Waals surface area (Å²) in [5.74, 6) is 0. The molecule has 2 heterocycles. The normalized spacial score (nSPS) is 11.3. The van der Waals surface area contributed by atoms with E-state index in [1.807, 2.05) is 0 Å². The highest BCUT2D eigenvalue weighted by molar-refractivity contribution is 6.04. The molecule has 2 aromatic heterocycles. The Labute approximate surface area is 559 Å². The van der Waals surface area contributed by atoms with Crippen molar-refractivity contribution >= 4 is 112 Å². The summed E-state index contributed by atoms with van der Waals surface area (Å²) in [6.45, 7) is 0. The van der Waals surface area contributed by atoms with Crippen molar-refractivity contribution < 1.29 is 0 Å².